The van der Waals surface area contributed by atoms with Crippen molar-refractivity contribution in [2.75, 3.05) is 6.54 Å². The number of aliphatic carboxylic acids is 1. The number of nitrogens with zero attached hydrogens (tertiary/aromatic N) is 1. The number of amides is 10. The Hall–Kier alpha value is -9.87. The molecule has 474 valence electrons. The normalized spacial score (nSPS) is 16.2. The van der Waals surface area contributed by atoms with Crippen LogP contribution < -0.4 is 54.4 Å². The van der Waals surface area contributed by atoms with Gasteiger partial charge in [-0.1, -0.05) is 48.5 Å². The van der Waals surface area contributed by atoms with Crippen LogP contribution in [0, 0.1) is 0 Å². The van der Waals surface area contributed by atoms with Crippen molar-refractivity contribution in [3.05, 3.63) is 119 Å². The van der Waals surface area contributed by atoms with Crippen molar-refractivity contribution in [2.24, 2.45) is 17.2 Å². The fourth-order valence-corrected chi connectivity index (χ4v) is 9.44. The first kappa shape index (κ1) is 68.9. The Kier molecular flexibility index (Phi) is 25.5. The molecule has 20 N–H and O–H groups in total. The van der Waals surface area contributed by atoms with Crippen LogP contribution >= 0.6 is 0 Å². The molecule has 0 unspecified atom stereocenters. The number of benzene rings is 4. The Morgan fingerprint density at radius 1 is 0.466 bits per heavy atom. The molecule has 0 bridgehead atoms. The van der Waals surface area contributed by atoms with E-state index in [-0.39, 0.29) is 87.3 Å². The number of likely N-dealkylation sites (tertiary alicyclic amines) is 1. The van der Waals surface area contributed by atoms with Gasteiger partial charge in [-0.25, -0.2) is 4.79 Å². The van der Waals surface area contributed by atoms with E-state index in [0.29, 0.717) is 22.3 Å². The molecule has 29 heteroatoms. The van der Waals surface area contributed by atoms with Crippen molar-refractivity contribution in [1.29, 1.82) is 0 Å². The molecule has 0 spiro atoms. The van der Waals surface area contributed by atoms with Crippen molar-refractivity contribution in [2.45, 2.75) is 145 Å². The van der Waals surface area contributed by atoms with Crippen LogP contribution in [0.25, 0.3) is 0 Å². The summed E-state index contributed by atoms with van der Waals surface area (Å²) in [4.78, 5) is 150. The fourth-order valence-electron chi connectivity index (χ4n) is 9.44. The molecule has 0 saturated carbocycles. The molecule has 29 nitrogen and oxygen atoms in total. The highest BCUT2D eigenvalue weighted by Crippen LogP contribution is 2.23. The van der Waals surface area contributed by atoms with Crippen molar-refractivity contribution in [3.8, 4) is 23.0 Å². The van der Waals surface area contributed by atoms with Crippen LogP contribution in [0.1, 0.15) is 74.6 Å². The fraction of sp³-hybridized carbons (Fsp3) is 0.407. The Bertz CT molecular complexity index is 3110. The second-order valence-electron chi connectivity index (χ2n) is 21.4. The number of carbonyl (C=O) groups is 11. The van der Waals surface area contributed by atoms with Gasteiger partial charge < -0.3 is 95.1 Å². The highest BCUT2D eigenvalue weighted by molar-refractivity contribution is 5.99. The summed E-state index contributed by atoms with van der Waals surface area (Å²) < 4.78 is 0. The van der Waals surface area contributed by atoms with Crippen LogP contribution in [0.3, 0.4) is 0 Å². The third-order valence-corrected chi connectivity index (χ3v) is 14.3. The van der Waals surface area contributed by atoms with Gasteiger partial charge in [0.25, 0.3) is 0 Å². The molecule has 88 heavy (non-hydrogen) atoms. The van der Waals surface area contributed by atoms with Gasteiger partial charge in [0.2, 0.25) is 59.1 Å². The van der Waals surface area contributed by atoms with Gasteiger partial charge in [0.05, 0.1) is 18.2 Å². The van der Waals surface area contributed by atoms with E-state index in [1.807, 2.05) is 0 Å². The quantitative estimate of drug-likeness (QED) is 0.0230. The number of carbonyl (C=O) groups excluding carboxylic acids is 10. The molecule has 11 atom stereocenters. The zero-order chi connectivity index (χ0) is 64.9. The monoisotopic (exact) mass is 1230 g/mol. The first-order valence-corrected chi connectivity index (χ1v) is 28.0. The number of phenols is 4. The summed E-state index contributed by atoms with van der Waals surface area (Å²) in [6.45, 7) is 2.22. The molecule has 1 aliphatic heterocycles. The second kappa shape index (κ2) is 32.6. The molecule has 0 aliphatic carbocycles. The molecule has 4 aromatic rings. The number of aliphatic hydroxyl groups excluding tert-OH is 2. The summed E-state index contributed by atoms with van der Waals surface area (Å²) in [7, 11) is 0. The van der Waals surface area contributed by atoms with E-state index >= 15 is 0 Å². The zero-order valence-electron chi connectivity index (χ0n) is 48.2. The van der Waals surface area contributed by atoms with Gasteiger partial charge in [-0.2, -0.15) is 0 Å². The average molecular weight is 1230 g/mol. The summed E-state index contributed by atoms with van der Waals surface area (Å²) >= 11 is 0. The maximum Gasteiger partial charge on any atom is 0.328 e. The minimum atomic E-state index is -1.91. The highest BCUT2D eigenvalue weighted by Gasteiger charge is 2.41. The smallest absolute Gasteiger partial charge is 0.328 e. The maximum absolute atomic E-state index is 14.9. The van der Waals surface area contributed by atoms with Crippen LogP contribution in [0.4, 0.5) is 0 Å². The van der Waals surface area contributed by atoms with Gasteiger partial charge in [0.15, 0.2) is 6.04 Å². The molecule has 1 aliphatic rings. The number of nitrogens with two attached hydrogens (primary N) is 3. The maximum atomic E-state index is 14.9. The van der Waals surface area contributed by atoms with E-state index in [0.717, 1.165) is 18.7 Å². The standard InChI is InChI=1S/C59H75N11O18/c1-30(71)49(57(85)67-45(29-35-11-19-39(76)20-12-35)58(86)70-25-3-4-46(70)56(84)66-44(28-34-9-17-38(75)18-10-34)55(83)69-50(31(2)72)59(87)88)68-54(82)43(27-33-7-15-37(74)16-8-33)65-53(81)42(26-32-5-13-36(73)14-6-32)64-52(80)41(22-24-48(62)78)63-51(79)40(60)21-23-47(61)77/h5-20,30-31,40-46,49-50,71-76H,3-4,21-29,60H2,1-2H3,(H2,61,77)(H2,62,78)(H,63,79)(H,64,80)(H,65,81)(H,66,84)(H,67,85)(H,68,82)(H,69,83)(H,87,88)/t30-,31-,40+,41+,42+,43+,44+,45+,46+,49+,50+/m1/s1. The first-order valence-electron chi connectivity index (χ1n) is 28.0. The SMILES string of the molecule is C[C@@H](O)[C@H](NC(=O)[C@H](Cc1ccc(O)cc1)NC(=O)[C@@H]1CCCN1C(=O)[C@H](Cc1ccc(O)cc1)NC(=O)[C@@H](NC(=O)[C@H](Cc1ccc(O)cc1)NC(=O)[C@H](Cc1ccc(O)cc1)NC(=O)[C@H](CCC(N)=O)NC(=O)[C@@H](N)CCC(N)=O)[C@@H](C)O)C(=O)O. The second-order valence-corrected chi connectivity index (χ2v) is 21.4. The predicted octanol–water partition coefficient (Wildman–Crippen LogP) is -3.13. The minimum Gasteiger partial charge on any atom is -0.508 e. The van der Waals surface area contributed by atoms with Gasteiger partial charge >= 0.3 is 5.97 Å². The van der Waals surface area contributed by atoms with E-state index in [2.05, 4.69) is 37.2 Å². The van der Waals surface area contributed by atoms with Crippen LogP contribution in [0.15, 0.2) is 97.1 Å². The number of nitrogens with one attached hydrogen (secondary N) is 7. The summed E-state index contributed by atoms with van der Waals surface area (Å²) in [6, 6.07) is 7.65. The molecule has 0 radical (unpaired) electrons. The summed E-state index contributed by atoms with van der Waals surface area (Å²) in [5.41, 5.74) is 18.0. The molecule has 5 rings (SSSR count). The highest BCUT2D eigenvalue weighted by atomic mass is 16.4. The van der Waals surface area contributed by atoms with Gasteiger partial charge in [-0.05, 0) is 110 Å². The number of aromatic hydroxyl groups is 4. The lowest BCUT2D eigenvalue weighted by molar-refractivity contribution is -0.145. The summed E-state index contributed by atoms with van der Waals surface area (Å²) in [6.07, 6.45) is -5.59. The Balaban J connectivity index is 1.44. The third kappa shape index (κ3) is 21.3. The lowest BCUT2D eigenvalue weighted by Crippen LogP contribution is -2.62. The van der Waals surface area contributed by atoms with Crippen LogP contribution in [0.5, 0.6) is 23.0 Å². The van der Waals surface area contributed by atoms with Gasteiger partial charge in [-0.15, -0.1) is 0 Å². The van der Waals surface area contributed by atoms with Crippen LogP contribution in [-0.4, -0.2) is 179 Å². The average Bonchev–Trinajstić information content (AvgIpc) is 3.12. The Labute approximate surface area is 504 Å². The van der Waals surface area contributed by atoms with E-state index in [1.54, 1.807) is 0 Å². The topological polar surface area (TPSA) is 495 Å². The minimum absolute atomic E-state index is 0.0389. The summed E-state index contributed by atoms with van der Waals surface area (Å²) in [5.74, 6) is -11.7. The molecule has 1 heterocycles. The molecular weight excluding hydrogens is 1150 g/mol. The van der Waals surface area contributed by atoms with Gasteiger partial charge in [-0.3, -0.25) is 47.9 Å². The lowest BCUT2D eigenvalue weighted by Gasteiger charge is -2.31. The van der Waals surface area contributed by atoms with E-state index in [4.69, 9.17) is 17.2 Å². The van der Waals surface area contributed by atoms with Crippen LogP contribution in [0.2, 0.25) is 0 Å². The van der Waals surface area contributed by atoms with E-state index in [9.17, 15) is 88.5 Å². The Morgan fingerprint density at radius 3 is 1.20 bits per heavy atom. The number of rotatable bonds is 32. The number of hydrogen-bond acceptors (Lipinski definition) is 18. The first-order chi connectivity index (χ1) is 41.6. The predicted molar refractivity (Wildman–Crippen MR) is 311 cm³/mol. The molecule has 1 fully saturated rings. The third-order valence-electron chi connectivity index (χ3n) is 14.3. The van der Waals surface area contributed by atoms with Gasteiger partial charge in [0.1, 0.15) is 65.3 Å². The Morgan fingerprint density at radius 2 is 0.807 bits per heavy atom. The lowest BCUT2D eigenvalue weighted by atomic mass is 10.0. The molecule has 4 aromatic carbocycles. The molecular formula is C59H75N11O18. The number of hydrogen-bond donors (Lipinski definition) is 17. The van der Waals surface area contributed by atoms with Crippen molar-refractivity contribution < 1.29 is 88.5 Å². The van der Waals surface area contributed by atoms with E-state index < -0.39 is 138 Å². The number of carboxylic acid groups (broad SMARTS) is 1. The molecule has 0 aromatic heterocycles. The number of carboxylic acids is 1. The van der Waals surface area contributed by atoms with Crippen molar-refractivity contribution in [3.63, 3.8) is 0 Å². The van der Waals surface area contributed by atoms with Gasteiger partial charge in [0, 0.05) is 45.1 Å². The van der Waals surface area contributed by atoms with E-state index in [1.165, 1.54) is 97.1 Å². The van der Waals surface area contributed by atoms with Crippen molar-refractivity contribution in [1.82, 2.24) is 42.1 Å². The zero-order valence-corrected chi connectivity index (χ0v) is 48.2. The van der Waals surface area contributed by atoms with Crippen molar-refractivity contribution >= 4 is 65.0 Å². The summed E-state index contributed by atoms with van der Waals surface area (Å²) in [5, 5.41) is 88.4. The largest absolute Gasteiger partial charge is 0.508 e. The number of primary amides is 2. The number of aliphatic hydroxyl groups is 2. The molecule has 10 amide bonds. The number of phenolic OH excluding ortho intramolecular Hbond substituents is 4. The molecule has 1 saturated heterocycles. The van der Waals surface area contributed by atoms with Crippen LogP contribution in [-0.2, 0) is 78.4 Å².